The Morgan fingerprint density at radius 2 is 1.85 bits per heavy atom. The average molecular weight is 239 g/mol. The summed E-state index contributed by atoms with van der Waals surface area (Å²) in [5.41, 5.74) is 3.90. The fraction of sp³-hybridized carbons (Fsp3) is 0.300. The predicted octanol–water partition coefficient (Wildman–Crippen LogP) is 1.53. The summed E-state index contributed by atoms with van der Waals surface area (Å²) in [6.45, 7) is 2.14. The van der Waals surface area contributed by atoms with Crippen LogP contribution in [0.25, 0.3) is 11.0 Å². The standard InChI is InChI=1S/C10H12N2Se/c1-7-5-4-6-8-9(7)12(3)10(13)11(8)2/h4-6H,1-3H3. The monoisotopic (exact) mass is 240 g/mol. The molecule has 0 aliphatic rings. The summed E-state index contributed by atoms with van der Waals surface area (Å²) in [6, 6.07) is 6.38. The number of benzene rings is 1. The molecule has 0 radical (unpaired) electrons. The Labute approximate surface area is 85.2 Å². The third-order valence-corrected chi connectivity index (χ3v) is 3.64. The van der Waals surface area contributed by atoms with Crippen LogP contribution in [0.4, 0.5) is 0 Å². The molecular formula is C10H12N2Se. The van der Waals surface area contributed by atoms with Crippen molar-refractivity contribution < 1.29 is 0 Å². The first-order valence-electron chi connectivity index (χ1n) is 4.24. The van der Waals surface area contributed by atoms with Gasteiger partial charge in [-0.1, -0.05) is 0 Å². The van der Waals surface area contributed by atoms with Gasteiger partial charge in [-0.2, -0.15) is 0 Å². The van der Waals surface area contributed by atoms with Crippen molar-refractivity contribution >= 4 is 26.6 Å². The zero-order chi connectivity index (χ0) is 9.59. The maximum atomic E-state index is 3.08. The molecule has 0 N–H and O–H groups in total. The average Bonchev–Trinajstić information content (AvgIpc) is 2.33. The van der Waals surface area contributed by atoms with Gasteiger partial charge in [0, 0.05) is 0 Å². The molecule has 0 fully saturated rings. The van der Waals surface area contributed by atoms with E-state index in [0.717, 1.165) is 4.32 Å². The molecule has 0 bridgehead atoms. The number of nitrogens with zero attached hydrogens (tertiary/aromatic N) is 2. The van der Waals surface area contributed by atoms with Crippen molar-refractivity contribution in [2.45, 2.75) is 6.92 Å². The van der Waals surface area contributed by atoms with Crippen molar-refractivity contribution in [3.63, 3.8) is 0 Å². The SMILES string of the molecule is Cc1cccc2c1n(C)c(=[Se])n2C. The van der Waals surface area contributed by atoms with Crippen LogP contribution in [0.1, 0.15) is 5.56 Å². The van der Waals surface area contributed by atoms with E-state index < -0.39 is 0 Å². The van der Waals surface area contributed by atoms with E-state index in [9.17, 15) is 0 Å². The molecule has 1 aromatic carbocycles. The molecule has 1 aromatic heterocycles. The van der Waals surface area contributed by atoms with Crippen LogP contribution in [0.5, 0.6) is 0 Å². The van der Waals surface area contributed by atoms with Crippen molar-refractivity contribution in [1.29, 1.82) is 0 Å². The van der Waals surface area contributed by atoms with Crippen LogP contribution in [-0.2, 0) is 14.1 Å². The van der Waals surface area contributed by atoms with E-state index in [1.807, 2.05) is 0 Å². The summed E-state index contributed by atoms with van der Waals surface area (Å²) < 4.78 is 5.51. The molecule has 0 saturated carbocycles. The number of rotatable bonds is 0. The first-order valence-corrected chi connectivity index (χ1v) is 5.09. The number of aromatic nitrogens is 2. The van der Waals surface area contributed by atoms with Gasteiger partial charge in [0.15, 0.2) is 0 Å². The van der Waals surface area contributed by atoms with Crippen LogP contribution in [0, 0.1) is 11.2 Å². The summed E-state index contributed by atoms with van der Waals surface area (Å²) >= 11 is 3.08. The fourth-order valence-corrected chi connectivity index (χ4v) is 2.17. The van der Waals surface area contributed by atoms with Gasteiger partial charge in [0.1, 0.15) is 0 Å². The summed E-state index contributed by atoms with van der Waals surface area (Å²) in [5, 5.41) is 0. The predicted molar refractivity (Wildman–Crippen MR) is 55.6 cm³/mol. The number of imidazole rings is 1. The molecule has 13 heavy (non-hydrogen) atoms. The van der Waals surface area contributed by atoms with E-state index in [1.165, 1.54) is 16.6 Å². The van der Waals surface area contributed by atoms with Gasteiger partial charge >= 0.3 is 84.8 Å². The molecule has 2 rings (SSSR count). The Morgan fingerprint density at radius 3 is 2.46 bits per heavy atom. The molecule has 0 atom stereocenters. The van der Waals surface area contributed by atoms with E-state index in [-0.39, 0.29) is 0 Å². The molecular weight excluding hydrogens is 227 g/mol. The first kappa shape index (κ1) is 8.79. The zero-order valence-electron chi connectivity index (χ0n) is 8.03. The molecule has 3 heteroatoms. The molecule has 2 nitrogen and oxygen atoms in total. The Bertz CT molecular complexity index is 519. The van der Waals surface area contributed by atoms with Gasteiger partial charge in [0.2, 0.25) is 0 Å². The number of hydrogen-bond donors (Lipinski definition) is 0. The van der Waals surface area contributed by atoms with Crippen LogP contribution in [0.3, 0.4) is 0 Å². The van der Waals surface area contributed by atoms with Crippen molar-refractivity contribution in [2.75, 3.05) is 0 Å². The second-order valence-electron chi connectivity index (χ2n) is 3.34. The quantitative estimate of drug-likeness (QED) is 0.617. The molecule has 0 aliphatic carbocycles. The molecule has 68 valence electrons. The number of aryl methyl sites for hydroxylation is 3. The summed E-state index contributed by atoms with van der Waals surface area (Å²) in [5.74, 6) is 0. The Kier molecular flexibility index (Phi) is 1.93. The van der Waals surface area contributed by atoms with Gasteiger partial charge in [0.05, 0.1) is 0 Å². The van der Waals surface area contributed by atoms with Crippen LogP contribution in [0.15, 0.2) is 18.2 Å². The minimum atomic E-state index is 1.16. The topological polar surface area (TPSA) is 9.86 Å². The molecule has 0 unspecified atom stereocenters. The van der Waals surface area contributed by atoms with Crippen LogP contribution in [-0.4, -0.2) is 24.7 Å². The summed E-state index contributed by atoms with van der Waals surface area (Å²) in [7, 11) is 4.16. The summed E-state index contributed by atoms with van der Waals surface area (Å²) in [4.78, 5) is 0. The van der Waals surface area contributed by atoms with E-state index >= 15 is 0 Å². The fourth-order valence-electron chi connectivity index (χ4n) is 1.77. The third kappa shape index (κ3) is 1.11. The molecule has 0 aliphatic heterocycles. The minimum absolute atomic E-state index is 1.16. The summed E-state index contributed by atoms with van der Waals surface area (Å²) in [6.07, 6.45) is 0. The van der Waals surface area contributed by atoms with Gasteiger partial charge in [0.25, 0.3) is 0 Å². The second-order valence-corrected chi connectivity index (χ2v) is 4.11. The first-order chi connectivity index (χ1) is 6.13. The van der Waals surface area contributed by atoms with Crippen LogP contribution in [0.2, 0.25) is 0 Å². The van der Waals surface area contributed by atoms with Gasteiger partial charge < -0.3 is 0 Å². The number of hydrogen-bond acceptors (Lipinski definition) is 0. The van der Waals surface area contributed by atoms with E-state index in [2.05, 4.69) is 63.9 Å². The second kappa shape index (κ2) is 2.86. The van der Waals surface area contributed by atoms with Gasteiger partial charge in [-0.05, 0) is 0 Å². The molecule has 0 saturated heterocycles. The Balaban J connectivity index is 3.12. The molecule has 0 spiro atoms. The molecule has 0 amide bonds. The molecule has 2 aromatic rings. The zero-order valence-corrected chi connectivity index (χ0v) is 9.75. The maximum absolute atomic E-state index is 3.08. The number of para-hydroxylation sites is 1. The van der Waals surface area contributed by atoms with E-state index in [0.29, 0.717) is 0 Å². The van der Waals surface area contributed by atoms with Crippen molar-refractivity contribution in [3.8, 4) is 0 Å². The van der Waals surface area contributed by atoms with E-state index in [4.69, 9.17) is 0 Å². The van der Waals surface area contributed by atoms with Crippen LogP contribution >= 0.6 is 0 Å². The number of fused-ring (bicyclic) bond motifs is 1. The van der Waals surface area contributed by atoms with Crippen molar-refractivity contribution in [2.24, 2.45) is 14.1 Å². The van der Waals surface area contributed by atoms with Gasteiger partial charge in [-0.25, -0.2) is 0 Å². The van der Waals surface area contributed by atoms with Gasteiger partial charge in [-0.15, -0.1) is 0 Å². The van der Waals surface area contributed by atoms with Crippen molar-refractivity contribution in [1.82, 2.24) is 9.13 Å². The van der Waals surface area contributed by atoms with E-state index in [1.54, 1.807) is 0 Å². The molecule has 1 heterocycles. The van der Waals surface area contributed by atoms with Gasteiger partial charge in [-0.3, -0.25) is 0 Å². The Morgan fingerprint density at radius 1 is 1.15 bits per heavy atom. The third-order valence-electron chi connectivity index (χ3n) is 2.49. The normalized spacial score (nSPS) is 11.0. The van der Waals surface area contributed by atoms with Crippen molar-refractivity contribution in [3.05, 3.63) is 28.1 Å². The Hall–Kier alpha value is -0.791. The van der Waals surface area contributed by atoms with Crippen LogP contribution < -0.4 is 0 Å².